The van der Waals surface area contributed by atoms with Gasteiger partial charge in [0.1, 0.15) is 21.6 Å². The van der Waals surface area contributed by atoms with E-state index in [4.69, 9.17) is 0 Å². The molecule has 4 rings (SSSR count). The van der Waals surface area contributed by atoms with E-state index < -0.39 is 5.92 Å². The predicted octanol–water partition coefficient (Wildman–Crippen LogP) is 3.94. The lowest BCUT2D eigenvalue weighted by Gasteiger charge is -2.32. The zero-order valence-corrected chi connectivity index (χ0v) is 17.8. The minimum absolute atomic E-state index is 0.0770. The van der Waals surface area contributed by atoms with Crippen molar-refractivity contribution in [1.82, 2.24) is 25.1 Å². The molecule has 1 aliphatic rings. The molecule has 0 atom stereocenters. The Hall–Kier alpha value is -2.39. The lowest BCUT2D eigenvalue weighted by atomic mass is 9.90. The summed E-state index contributed by atoms with van der Waals surface area (Å²) in [5.41, 5.74) is 1.70. The van der Waals surface area contributed by atoms with Crippen LogP contribution in [-0.2, 0) is 11.2 Å². The molecule has 0 saturated carbocycles. The maximum Gasteiger partial charge on any atom is 0.257 e. The highest BCUT2D eigenvalue weighted by molar-refractivity contribution is 7.14. The molecule has 1 saturated heterocycles. The molecule has 0 amide bonds. The fourth-order valence-corrected chi connectivity index (χ4v) is 4.49. The molecule has 1 aromatic carbocycles. The highest BCUT2D eigenvalue weighted by atomic mass is 32.1. The third kappa shape index (κ3) is 5.02. The number of rotatable bonds is 6. The number of piperidine rings is 1. The van der Waals surface area contributed by atoms with Crippen LogP contribution < -0.4 is 0 Å². The quantitative estimate of drug-likeness (QED) is 0.589. The van der Waals surface area contributed by atoms with E-state index in [1.165, 1.54) is 11.3 Å². The van der Waals surface area contributed by atoms with E-state index in [-0.39, 0.29) is 24.7 Å². The first-order chi connectivity index (χ1) is 14.3. The Bertz CT molecular complexity index is 1060. The molecular formula is C21H23F2N5OS. The number of alkyl halides is 2. The molecule has 3 heterocycles. The first-order valence-corrected chi connectivity index (χ1v) is 10.8. The molecule has 2 aromatic heterocycles. The molecule has 6 nitrogen and oxygen atoms in total. The van der Waals surface area contributed by atoms with Gasteiger partial charge in [0.2, 0.25) is 0 Å². The smallest absolute Gasteiger partial charge is 0.257 e. The molecule has 0 spiro atoms. The van der Waals surface area contributed by atoms with Crippen molar-refractivity contribution < 1.29 is 13.6 Å². The molecule has 3 aromatic rings. The Balaban J connectivity index is 1.43. The highest BCUT2D eigenvalue weighted by Crippen LogP contribution is 2.26. The summed E-state index contributed by atoms with van der Waals surface area (Å²) in [6, 6.07) is 5.84. The summed E-state index contributed by atoms with van der Waals surface area (Å²) in [6.07, 6.45) is 3.09. The largest absolute Gasteiger partial charge is 0.299 e. The van der Waals surface area contributed by atoms with Crippen LogP contribution in [0.1, 0.15) is 30.6 Å². The molecule has 1 fully saturated rings. The SMILES string of the molecule is Cc1nnc(-c2ccc3cnc(CC(=O)C4CCN(CC(C)(F)F)CC4)nc3c2)s1. The van der Waals surface area contributed by atoms with Crippen molar-refractivity contribution in [3.63, 3.8) is 0 Å². The van der Waals surface area contributed by atoms with Gasteiger partial charge in [0.05, 0.1) is 18.5 Å². The minimum atomic E-state index is -2.71. The van der Waals surface area contributed by atoms with E-state index in [1.54, 1.807) is 11.1 Å². The summed E-state index contributed by atoms with van der Waals surface area (Å²) in [6.45, 7) is 3.62. The molecule has 1 aliphatic heterocycles. The summed E-state index contributed by atoms with van der Waals surface area (Å²) in [5.74, 6) is -2.27. The van der Waals surface area contributed by atoms with Crippen molar-refractivity contribution >= 4 is 28.0 Å². The van der Waals surface area contributed by atoms with E-state index in [2.05, 4.69) is 20.2 Å². The molecule has 0 radical (unpaired) electrons. The fraction of sp³-hybridized carbons (Fsp3) is 0.476. The summed E-state index contributed by atoms with van der Waals surface area (Å²) in [7, 11) is 0. The maximum absolute atomic E-state index is 13.2. The Labute approximate surface area is 177 Å². The molecule has 30 heavy (non-hydrogen) atoms. The van der Waals surface area contributed by atoms with Gasteiger partial charge in [0.15, 0.2) is 0 Å². The lowest BCUT2D eigenvalue weighted by Crippen LogP contribution is -2.42. The monoisotopic (exact) mass is 431 g/mol. The second kappa shape index (κ2) is 8.39. The second-order valence-corrected chi connectivity index (χ2v) is 9.13. The number of ketones is 1. The third-order valence-electron chi connectivity index (χ3n) is 5.28. The van der Waals surface area contributed by atoms with Gasteiger partial charge in [-0.3, -0.25) is 9.69 Å². The van der Waals surface area contributed by atoms with E-state index >= 15 is 0 Å². The molecule has 0 aliphatic carbocycles. The Morgan fingerprint density at radius 1 is 1.27 bits per heavy atom. The third-order valence-corrected chi connectivity index (χ3v) is 6.17. The Morgan fingerprint density at radius 2 is 2.03 bits per heavy atom. The van der Waals surface area contributed by atoms with Crippen molar-refractivity contribution in [1.29, 1.82) is 0 Å². The van der Waals surface area contributed by atoms with Crippen LogP contribution in [0.5, 0.6) is 0 Å². The van der Waals surface area contributed by atoms with Gasteiger partial charge in [0, 0.05) is 30.0 Å². The second-order valence-electron chi connectivity index (χ2n) is 7.95. The normalized spacial score (nSPS) is 16.3. The lowest BCUT2D eigenvalue weighted by molar-refractivity contribution is -0.124. The van der Waals surface area contributed by atoms with Crippen LogP contribution in [0, 0.1) is 12.8 Å². The van der Waals surface area contributed by atoms with Crippen LogP contribution in [0.2, 0.25) is 0 Å². The van der Waals surface area contributed by atoms with Crippen LogP contribution in [0.15, 0.2) is 24.4 Å². The summed E-state index contributed by atoms with van der Waals surface area (Å²) in [5, 5.41) is 10.8. The summed E-state index contributed by atoms with van der Waals surface area (Å²) in [4.78, 5) is 23.4. The van der Waals surface area contributed by atoms with Crippen molar-refractivity contribution in [2.24, 2.45) is 5.92 Å². The average Bonchev–Trinajstić information content (AvgIpc) is 3.13. The first-order valence-electron chi connectivity index (χ1n) is 9.96. The van der Waals surface area contributed by atoms with Gasteiger partial charge in [-0.1, -0.05) is 23.5 Å². The molecule has 158 valence electrons. The van der Waals surface area contributed by atoms with Gasteiger partial charge in [-0.05, 0) is 38.9 Å². The number of aromatic nitrogens is 4. The maximum atomic E-state index is 13.2. The summed E-state index contributed by atoms with van der Waals surface area (Å²) >= 11 is 1.52. The van der Waals surface area contributed by atoms with Crippen LogP contribution in [0.25, 0.3) is 21.5 Å². The number of aryl methyl sites for hydroxylation is 1. The standard InChI is InChI=1S/C21H23F2N5OS/c1-13-26-27-20(30-13)15-3-4-16-11-24-19(25-17(16)9-15)10-18(29)14-5-7-28(8-6-14)12-21(2,22)23/h3-4,9,11,14H,5-8,10,12H2,1-2H3. The number of hydrogen-bond donors (Lipinski definition) is 0. The van der Waals surface area contributed by atoms with Crippen LogP contribution in [0.4, 0.5) is 8.78 Å². The van der Waals surface area contributed by atoms with Crippen LogP contribution in [0.3, 0.4) is 0 Å². The average molecular weight is 432 g/mol. The fourth-order valence-electron chi connectivity index (χ4n) is 3.80. The molecule has 0 bridgehead atoms. The van der Waals surface area contributed by atoms with Gasteiger partial charge in [-0.25, -0.2) is 18.7 Å². The summed E-state index contributed by atoms with van der Waals surface area (Å²) < 4.78 is 26.4. The van der Waals surface area contributed by atoms with Crippen LogP contribution >= 0.6 is 11.3 Å². The molecule has 0 N–H and O–H groups in total. The van der Waals surface area contributed by atoms with E-state index in [9.17, 15) is 13.6 Å². The molecular weight excluding hydrogens is 408 g/mol. The number of benzene rings is 1. The van der Waals surface area contributed by atoms with E-state index in [0.717, 1.165) is 33.4 Å². The van der Waals surface area contributed by atoms with Crippen molar-refractivity contribution in [2.45, 2.75) is 39.0 Å². The van der Waals surface area contributed by atoms with E-state index in [0.29, 0.717) is 31.8 Å². The number of Topliss-reactive ketones (excluding diaryl/α,β-unsaturated/α-hetero) is 1. The van der Waals surface area contributed by atoms with Crippen molar-refractivity contribution in [2.75, 3.05) is 19.6 Å². The van der Waals surface area contributed by atoms with Gasteiger partial charge < -0.3 is 0 Å². The number of hydrogen-bond acceptors (Lipinski definition) is 7. The Morgan fingerprint density at radius 3 is 2.70 bits per heavy atom. The Kier molecular flexibility index (Phi) is 5.84. The minimum Gasteiger partial charge on any atom is -0.299 e. The van der Waals surface area contributed by atoms with Crippen LogP contribution in [-0.4, -0.2) is 56.4 Å². The van der Waals surface area contributed by atoms with E-state index in [1.807, 2.05) is 25.1 Å². The molecule has 0 unspecified atom stereocenters. The number of carbonyl (C=O) groups excluding carboxylic acids is 1. The van der Waals surface area contributed by atoms with Gasteiger partial charge >= 0.3 is 0 Å². The van der Waals surface area contributed by atoms with Crippen molar-refractivity contribution in [3.05, 3.63) is 35.2 Å². The first kappa shape index (κ1) is 20.9. The number of carbonyl (C=O) groups is 1. The van der Waals surface area contributed by atoms with Gasteiger partial charge in [-0.2, -0.15) is 0 Å². The zero-order chi connectivity index (χ0) is 21.3. The predicted molar refractivity (Wildman–Crippen MR) is 112 cm³/mol. The number of likely N-dealkylation sites (tertiary alicyclic amines) is 1. The van der Waals surface area contributed by atoms with Gasteiger partial charge in [-0.15, -0.1) is 10.2 Å². The number of nitrogens with zero attached hydrogens (tertiary/aromatic N) is 5. The zero-order valence-electron chi connectivity index (χ0n) is 16.9. The van der Waals surface area contributed by atoms with Gasteiger partial charge in [0.25, 0.3) is 5.92 Å². The topological polar surface area (TPSA) is 71.9 Å². The number of fused-ring (bicyclic) bond motifs is 1. The highest BCUT2D eigenvalue weighted by Gasteiger charge is 2.30. The number of halogens is 2. The molecule has 9 heteroatoms. The van der Waals surface area contributed by atoms with Crippen molar-refractivity contribution in [3.8, 4) is 10.6 Å².